The summed E-state index contributed by atoms with van der Waals surface area (Å²) in [5.74, 6) is -1.36. The lowest BCUT2D eigenvalue weighted by atomic mass is 9.66. The minimum absolute atomic E-state index is 0.187. The number of H-pyrrole nitrogens is 1. The molecule has 3 atom stereocenters. The SMILES string of the molecule is CCOC(=O)C(C)(c1ccc2[nH]c(-c3cc(C)cc(C)c3)cc2c1)C(CCN)CC(CCc1cccnc1)C(=O)OCc1ccccc1. The molecule has 3 unspecified atom stereocenters. The Morgan fingerprint density at radius 1 is 0.896 bits per heavy atom. The fourth-order valence-corrected chi connectivity index (χ4v) is 6.79. The number of nitrogens with two attached hydrogens (primary N) is 1. The zero-order chi connectivity index (χ0) is 34.1. The lowest BCUT2D eigenvalue weighted by Gasteiger charge is -2.37. The number of carbonyl (C=O) groups is 2. The Bertz CT molecular complexity index is 1800. The van der Waals surface area contributed by atoms with Gasteiger partial charge < -0.3 is 20.2 Å². The van der Waals surface area contributed by atoms with Crippen LogP contribution in [0.4, 0.5) is 0 Å². The van der Waals surface area contributed by atoms with E-state index in [0.717, 1.165) is 38.9 Å². The molecule has 0 radical (unpaired) electrons. The van der Waals surface area contributed by atoms with Gasteiger partial charge in [0.05, 0.1) is 17.9 Å². The lowest BCUT2D eigenvalue weighted by Crippen LogP contribution is -2.44. The van der Waals surface area contributed by atoms with Gasteiger partial charge in [-0.2, -0.15) is 0 Å². The summed E-state index contributed by atoms with van der Waals surface area (Å²) >= 11 is 0. The van der Waals surface area contributed by atoms with Crippen LogP contribution in [0.3, 0.4) is 0 Å². The molecule has 0 aliphatic heterocycles. The van der Waals surface area contributed by atoms with Crippen molar-refractivity contribution in [1.29, 1.82) is 0 Å². The first-order valence-electron chi connectivity index (χ1n) is 16.9. The minimum Gasteiger partial charge on any atom is -0.465 e. The van der Waals surface area contributed by atoms with Crippen molar-refractivity contribution >= 4 is 22.8 Å². The highest BCUT2D eigenvalue weighted by Gasteiger charge is 2.45. The van der Waals surface area contributed by atoms with Crippen LogP contribution in [0, 0.1) is 25.7 Å². The van der Waals surface area contributed by atoms with Gasteiger partial charge in [-0.25, -0.2) is 0 Å². The summed E-state index contributed by atoms with van der Waals surface area (Å²) in [6, 6.07) is 28.3. The van der Waals surface area contributed by atoms with Crippen LogP contribution in [0.15, 0.2) is 97.3 Å². The molecular formula is C41H47N3O4. The quantitative estimate of drug-likeness (QED) is 0.112. The molecule has 48 heavy (non-hydrogen) atoms. The number of carbonyl (C=O) groups excluding carboxylic acids is 2. The van der Waals surface area contributed by atoms with Crippen LogP contribution >= 0.6 is 0 Å². The number of nitrogens with zero attached hydrogens (tertiary/aromatic N) is 1. The zero-order valence-corrected chi connectivity index (χ0v) is 28.5. The van der Waals surface area contributed by atoms with Gasteiger partial charge in [0.25, 0.3) is 0 Å². The summed E-state index contributed by atoms with van der Waals surface area (Å²) in [6.07, 6.45) is 5.72. The molecule has 5 aromatic rings. The molecule has 5 rings (SSSR count). The van der Waals surface area contributed by atoms with Crippen molar-refractivity contribution in [3.8, 4) is 11.3 Å². The number of hydrogen-bond acceptors (Lipinski definition) is 6. The summed E-state index contributed by atoms with van der Waals surface area (Å²) < 4.78 is 11.7. The molecule has 250 valence electrons. The highest BCUT2D eigenvalue weighted by atomic mass is 16.5. The molecule has 7 heteroatoms. The monoisotopic (exact) mass is 645 g/mol. The van der Waals surface area contributed by atoms with E-state index in [1.165, 1.54) is 11.1 Å². The summed E-state index contributed by atoms with van der Waals surface area (Å²) in [5.41, 5.74) is 13.5. The summed E-state index contributed by atoms with van der Waals surface area (Å²) in [7, 11) is 0. The van der Waals surface area contributed by atoms with E-state index in [2.05, 4.69) is 54.1 Å². The molecule has 0 amide bonds. The molecule has 7 nitrogen and oxygen atoms in total. The Morgan fingerprint density at radius 3 is 2.33 bits per heavy atom. The second kappa shape index (κ2) is 15.9. The fraction of sp³-hybridized carbons (Fsp3) is 0.341. The number of pyridine rings is 1. The molecule has 0 aliphatic carbocycles. The number of rotatable bonds is 15. The molecule has 3 aromatic carbocycles. The first-order chi connectivity index (χ1) is 23.2. The van der Waals surface area contributed by atoms with Crippen LogP contribution in [-0.4, -0.2) is 35.1 Å². The van der Waals surface area contributed by atoms with Gasteiger partial charge in [-0.15, -0.1) is 0 Å². The number of benzene rings is 3. The van der Waals surface area contributed by atoms with E-state index in [4.69, 9.17) is 15.2 Å². The number of ether oxygens (including phenoxy) is 2. The van der Waals surface area contributed by atoms with Crippen LogP contribution in [0.2, 0.25) is 0 Å². The van der Waals surface area contributed by atoms with Crippen LogP contribution in [0.25, 0.3) is 22.2 Å². The van der Waals surface area contributed by atoms with E-state index in [9.17, 15) is 9.59 Å². The predicted molar refractivity (Wildman–Crippen MR) is 191 cm³/mol. The van der Waals surface area contributed by atoms with Crippen LogP contribution in [0.1, 0.15) is 60.9 Å². The maximum atomic E-state index is 14.1. The second-order valence-electron chi connectivity index (χ2n) is 13.0. The van der Waals surface area contributed by atoms with E-state index in [-0.39, 0.29) is 31.1 Å². The van der Waals surface area contributed by atoms with Gasteiger partial charge in [-0.1, -0.05) is 59.7 Å². The van der Waals surface area contributed by atoms with Crippen LogP contribution in [-0.2, 0) is 37.5 Å². The number of aryl methyl sites for hydroxylation is 3. The lowest BCUT2D eigenvalue weighted by molar-refractivity contribution is -0.156. The maximum absolute atomic E-state index is 14.1. The van der Waals surface area contributed by atoms with Crippen molar-refractivity contribution in [3.63, 3.8) is 0 Å². The average Bonchev–Trinajstić information content (AvgIpc) is 3.53. The molecule has 0 aliphatic rings. The third kappa shape index (κ3) is 8.20. The molecule has 0 bridgehead atoms. The second-order valence-corrected chi connectivity index (χ2v) is 13.0. The number of aromatic amines is 1. The zero-order valence-electron chi connectivity index (χ0n) is 28.5. The number of nitrogens with one attached hydrogen (secondary N) is 1. The molecule has 3 N–H and O–H groups in total. The largest absolute Gasteiger partial charge is 0.465 e. The van der Waals surface area contributed by atoms with Gasteiger partial charge in [0, 0.05) is 29.0 Å². The van der Waals surface area contributed by atoms with Gasteiger partial charge >= 0.3 is 11.9 Å². The van der Waals surface area contributed by atoms with Crippen molar-refractivity contribution in [2.24, 2.45) is 17.6 Å². The number of fused-ring (bicyclic) bond motifs is 1. The molecule has 0 saturated heterocycles. The molecule has 0 saturated carbocycles. The topological polar surface area (TPSA) is 107 Å². The van der Waals surface area contributed by atoms with Gasteiger partial charge in [-0.3, -0.25) is 14.6 Å². The van der Waals surface area contributed by atoms with Crippen LogP contribution < -0.4 is 5.73 Å². The summed E-state index contributed by atoms with van der Waals surface area (Å²) in [4.78, 5) is 35.7. The molecular weight excluding hydrogens is 598 g/mol. The van der Waals surface area contributed by atoms with Gasteiger partial charge in [-0.05, 0) is 124 Å². The Hall–Kier alpha value is -4.75. The van der Waals surface area contributed by atoms with E-state index >= 15 is 0 Å². The van der Waals surface area contributed by atoms with E-state index in [1.807, 2.05) is 74.6 Å². The first kappa shape index (κ1) is 34.6. The van der Waals surface area contributed by atoms with E-state index in [0.29, 0.717) is 32.2 Å². The summed E-state index contributed by atoms with van der Waals surface area (Å²) in [5, 5.41) is 0.999. The minimum atomic E-state index is -1.06. The van der Waals surface area contributed by atoms with Crippen molar-refractivity contribution in [3.05, 3.63) is 125 Å². The Kier molecular flexibility index (Phi) is 11.5. The van der Waals surface area contributed by atoms with Crippen LogP contribution in [0.5, 0.6) is 0 Å². The predicted octanol–water partition coefficient (Wildman–Crippen LogP) is 8.02. The van der Waals surface area contributed by atoms with Gasteiger partial charge in [0.15, 0.2) is 0 Å². The Morgan fingerprint density at radius 2 is 1.65 bits per heavy atom. The fourth-order valence-electron chi connectivity index (χ4n) is 6.79. The third-order valence-corrected chi connectivity index (χ3v) is 9.41. The molecule has 0 fully saturated rings. The highest BCUT2D eigenvalue weighted by Crippen LogP contribution is 2.42. The summed E-state index contributed by atoms with van der Waals surface area (Å²) in [6.45, 7) is 8.75. The van der Waals surface area contributed by atoms with Crippen molar-refractivity contribution in [2.75, 3.05) is 13.2 Å². The smallest absolute Gasteiger partial charge is 0.316 e. The normalized spacial score (nSPS) is 13.9. The standard InChI is InChI=1S/C41H47N3O4/c1-5-47-40(46)41(4,35-15-16-37-34(24-35)25-38(44-37)33-21-28(2)20-29(3)22-33)36(17-18-42)23-32(14-13-30-12-9-19-43-26-30)39(45)48-27-31-10-7-6-8-11-31/h6-12,15-16,19-22,24-26,32,36,44H,5,13-14,17-18,23,27,42H2,1-4H3. The molecule has 0 spiro atoms. The van der Waals surface area contributed by atoms with E-state index < -0.39 is 11.3 Å². The third-order valence-electron chi connectivity index (χ3n) is 9.41. The van der Waals surface area contributed by atoms with E-state index in [1.54, 1.807) is 6.20 Å². The van der Waals surface area contributed by atoms with Crippen molar-refractivity contribution in [1.82, 2.24) is 9.97 Å². The molecule has 2 aromatic heterocycles. The van der Waals surface area contributed by atoms with Gasteiger partial charge in [0.2, 0.25) is 0 Å². The van der Waals surface area contributed by atoms with Crippen molar-refractivity contribution in [2.45, 2.75) is 65.4 Å². The van der Waals surface area contributed by atoms with Crippen molar-refractivity contribution < 1.29 is 19.1 Å². The average molecular weight is 646 g/mol. The first-order valence-corrected chi connectivity index (χ1v) is 16.9. The number of aromatic nitrogens is 2. The molecule has 2 heterocycles. The number of esters is 2. The Balaban J connectivity index is 1.49. The van der Waals surface area contributed by atoms with Gasteiger partial charge in [0.1, 0.15) is 6.61 Å². The highest BCUT2D eigenvalue weighted by molar-refractivity contribution is 5.90. The number of hydrogen-bond donors (Lipinski definition) is 2. The Labute approximate surface area is 283 Å². The maximum Gasteiger partial charge on any atom is 0.316 e.